The third kappa shape index (κ3) is 4.29. The lowest BCUT2D eigenvalue weighted by Crippen LogP contribution is -2.36. The molecule has 1 rings (SSSR count). The summed E-state index contributed by atoms with van der Waals surface area (Å²) in [4.78, 5) is 0. The van der Waals surface area contributed by atoms with E-state index in [4.69, 9.17) is 0 Å². The van der Waals surface area contributed by atoms with Crippen molar-refractivity contribution in [2.75, 3.05) is 6.54 Å². The van der Waals surface area contributed by atoms with Gasteiger partial charge in [0, 0.05) is 6.04 Å². The molecule has 1 N–H and O–H groups in total. The van der Waals surface area contributed by atoms with Crippen LogP contribution in [0.4, 0.5) is 0 Å². The van der Waals surface area contributed by atoms with Crippen molar-refractivity contribution in [3.63, 3.8) is 0 Å². The molecule has 1 aliphatic rings. The molecule has 0 aromatic heterocycles. The van der Waals surface area contributed by atoms with E-state index < -0.39 is 0 Å². The molecule has 0 heterocycles. The monoisotopic (exact) mass is 223 g/mol. The molecule has 0 radical (unpaired) electrons. The molecule has 0 bridgehead atoms. The fraction of sp³-hybridized carbons (Fsp3) is 0.867. The molecule has 0 spiro atoms. The lowest BCUT2D eigenvalue weighted by Gasteiger charge is -2.33. The van der Waals surface area contributed by atoms with E-state index in [0.29, 0.717) is 6.04 Å². The third-order valence-electron chi connectivity index (χ3n) is 3.98. The highest BCUT2D eigenvalue weighted by molar-refractivity contribution is 4.92. The van der Waals surface area contributed by atoms with Gasteiger partial charge in [0.05, 0.1) is 0 Å². The van der Waals surface area contributed by atoms with Crippen molar-refractivity contribution in [1.29, 1.82) is 0 Å². The van der Waals surface area contributed by atoms with Crippen molar-refractivity contribution in [2.24, 2.45) is 11.8 Å². The van der Waals surface area contributed by atoms with Crippen molar-refractivity contribution < 1.29 is 0 Å². The van der Waals surface area contributed by atoms with E-state index in [9.17, 15) is 0 Å². The molecule has 16 heavy (non-hydrogen) atoms. The average Bonchev–Trinajstić information content (AvgIpc) is 2.32. The standard InChI is InChI=1S/C15H29N/c1-4-7-13-8-10-14(11-9-13)15(6-3)16-12-5-2/h6,13-16H,3-5,7-12H2,1-2H3. The Hall–Kier alpha value is -0.300. The van der Waals surface area contributed by atoms with Gasteiger partial charge in [0.25, 0.3) is 0 Å². The molecular formula is C15H29N. The predicted molar refractivity (Wildman–Crippen MR) is 72.6 cm³/mol. The summed E-state index contributed by atoms with van der Waals surface area (Å²) in [6.45, 7) is 9.65. The minimum absolute atomic E-state index is 0.558. The molecule has 94 valence electrons. The van der Waals surface area contributed by atoms with Crippen LogP contribution in [0.25, 0.3) is 0 Å². The molecule has 1 nitrogen and oxygen atoms in total. The number of hydrogen-bond donors (Lipinski definition) is 1. The van der Waals surface area contributed by atoms with E-state index in [1.165, 1.54) is 44.9 Å². The quantitative estimate of drug-likeness (QED) is 0.639. The Kier molecular flexibility index (Phi) is 6.79. The molecule has 0 aromatic rings. The normalized spacial score (nSPS) is 27.6. The van der Waals surface area contributed by atoms with E-state index in [0.717, 1.165) is 18.4 Å². The van der Waals surface area contributed by atoms with Crippen LogP contribution in [0.5, 0.6) is 0 Å². The van der Waals surface area contributed by atoms with Gasteiger partial charge in [0.15, 0.2) is 0 Å². The van der Waals surface area contributed by atoms with Crippen molar-refractivity contribution in [1.82, 2.24) is 5.32 Å². The van der Waals surface area contributed by atoms with Gasteiger partial charge in [-0.2, -0.15) is 0 Å². The van der Waals surface area contributed by atoms with Gasteiger partial charge in [-0.1, -0.05) is 45.6 Å². The van der Waals surface area contributed by atoms with Crippen LogP contribution in [0.2, 0.25) is 0 Å². The first kappa shape index (κ1) is 13.8. The van der Waals surface area contributed by atoms with Gasteiger partial charge in [0.2, 0.25) is 0 Å². The average molecular weight is 223 g/mol. The van der Waals surface area contributed by atoms with Gasteiger partial charge in [-0.15, -0.1) is 6.58 Å². The Morgan fingerprint density at radius 3 is 2.38 bits per heavy atom. The van der Waals surface area contributed by atoms with Crippen molar-refractivity contribution in [3.8, 4) is 0 Å². The predicted octanol–water partition coefficient (Wildman–Crippen LogP) is 4.15. The second-order valence-electron chi connectivity index (χ2n) is 5.29. The summed E-state index contributed by atoms with van der Waals surface area (Å²) in [6.07, 6.45) is 11.8. The van der Waals surface area contributed by atoms with Crippen LogP contribution in [-0.4, -0.2) is 12.6 Å². The summed E-state index contributed by atoms with van der Waals surface area (Å²) in [6, 6.07) is 0.558. The van der Waals surface area contributed by atoms with Crippen LogP contribution in [0.15, 0.2) is 12.7 Å². The second-order valence-corrected chi connectivity index (χ2v) is 5.29. The number of rotatable bonds is 7. The molecule has 1 saturated carbocycles. The maximum Gasteiger partial charge on any atom is 0.0275 e. The highest BCUT2D eigenvalue weighted by Gasteiger charge is 2.25. The minimum Gasteiger partial charge on any atom is -0.310 e. The molecule has 1 unspecified atom stereocenters. The summed E-state index contributed by atoms with van der Waals surface area (Å²) < 4.78 is 0. The first-order chi connectivity index (χ1) is 7.81. The van der Waals surface area contributed by atoms with Crippen LogP contribution in [0.3, 0.4) is 0 Å². The Labute approximate surface area is 102 Å². The SMILES string of the molecule is C=CC(NCCC)C1CCC(CCC)CC1. The molecule has 0 aliphatic heterocycles. The van der Waals surface area contributed by atoms with E-state index >= 15 is 0 Å². The van der Waals surface area contributed by atoms with Gasteiger partial charge >= 0.3 is 0 Å². The van der Waals surface area contributed by atoms with Crippen molar-refractivity contribution in [3.05, 3.63) is 12.7 Å². The number of nitrogens with one attached hydrogen (secondary N) is 1. The lowest BCUT2D eigenvalue weighted by atomic mass is 9.77. The van der Waals surface area contributed by atoms with Gasteiger partial charge in [0.1, 0.15) is 0 Å². The first-order valence-corrected chi connectivity index (χ1v) is 7.17. The van der Waals surface area contributed by atoms with Crippen molar-refractivity contribution >= 4 is 0 Å². The fourth-order valence-electron chi connectivity index (χ4n) is 3.00. The summed E-state index contributed by atoms with van der Waals surface area (Å²) in [7, 11) is 0. The highest BCUT2D eigenvalue weighted by Crippen LogP contribution is 2.33. The van der Waals surface area contributed by atoms with Gasteiger partial charge in [-0.3, -0.25) is 0 Å². The fourth-order valence-corrected chi connectivity index (χ4v) is 3.00. The van der Waals surface area contributed by atoms with Crippen molar-refractivity contribution in [2.45, 2.75) is 64.8 Å². The maximum atomic E-state index is 3.98. The zero-order valence-electron chi connectivity index (χ0n) is 11.2. The van der Waals surface area contributed by atoms with E-state index in [2.05, 4.69) is 31.8 Å². The molecule has 0 amide bonds. The summed E-state index contributed by atoms with van der Waals surface area (Å²) in [5, 5.41) is 3.62. The Balaban J connectivity index is 2.29. The molecular weight excluding hydrogens is 194 g/mol. The zero-order valence-corrected chi connectivity index (χ0v) is 11.2. The summed E-state index contributed by atoms with van der Waals surface area (Å²) in [5.41, 5.74) is 0. The van der Waals surface area contributed by atoms with Crippen LogP contribution in [-0.2, 0) is 0 Å². The molecule has 1 aliphatic carbocycles. The van der Waals surface area contributed by atoms with E-state index in [1.54, 1.807) is 0 Å². The first-order valence-electron chi connectivity index (χ1n) is 7.17. The van der Waals surface area contributed by atoms with Gasteiger partial charge in [-0.25, -0.2) is 0 Å². The Morgan fingerprint density at radius 1 is 1.19 bits per heavy atom. The zero-order chi connectivity index (χ0) is 11.8. The molecule has 0 saturated heterocycles. The third-order valence-corrected chi connectivity index (χ3v) is 3.98. The van der Waals surface area contributed by atoms with Crippen LogP contribution < -0.4 is 5.32 Å². The number of hydrogen-bond acceptors (Lipinski definition) is 1. The van der Waals surface area contributed by atoms with Crippen LogP contribution in [0.1, 0.15) is 58.8 Å². The smallest absolute Gasteiger partial charge is 0.0275 e. The van der Waals surface area contributed by atoms with E-state index in [-0.39, 0.29) is 0 Å². The molecule has 0 aromatic carbocycles. The minimum atomic E-state index is 0.558. The maximum absolute atomic E-state index is 3.98. The molecule has 1 atom stereocenters. The summed E-state index contributed by atoms with van der Waals surface area (Å²) in [5.74, 6) is 1.86. The molecule has 1 fully saturated rings. The largest absolute Gasteiger partial charge is 0.310 e. The lowest BCUT2D eigenvalue weighted by molar-refractivity contribution is 0.233. The van der Waals surface area contributed by atoms with Crippen LogP contribution in [0, 0.1) is 11.8 Å². The topological polar surface area (TPSA) is 12.0 Å². The summed E-state index contributed by atoms with van der Waals surface area (Å²) >= 11 is 0. The van der Waals surface area contributed by atoms with Gasteiger partial charge in [-0.05, 0) is 37.6 Å². The second kappa shape index (κ2) is 7.89. The van der Waals surface area contributed by atoms with E-state index in [1.807, 2.05) is 0 Å². The van der Waals surface area contributed by atoms with Gasteiger partial charge < -0.3 is 5.32 Å². The highest BCUT2D eigenvalue weighted by atomic mass is 14.9. The molecule has 1 heteroatoms. The Morgan fingerprint density at radius 2 is 1.88 bits per heavy atom. The Bertz CT molecular complexity index is 180. The van der Waals surface area contributed by atoms with Crippen LogP contribution >= 0.6 is 0 Å².